The fourth-order valence-electron chi connectivity index (χ4n) is 1.81. The molecule has 0 spiro atoms. The van der Waals surface area contributed by atoms with E-state index < -0.39 is 17.0 Å². The van der Waals surface area contributed by atoms with Gasteiger partial charge in [-0.3, -0.25) is 10.1 Å². The minimum Gasteiger partial charge on any atom is -0.481 e. The molecule has 0 aliphatic heterocycles. The van der Waals surface area contributed by atoms with Gasteiger partial charge in [0.05, 0.1) is 17.6 Å². The number of rotatable bonds is 5. The molecule has 2 rings (SSSR count). The Bertz CT molecular complexity index is 685. The number of ether oxygens (including phenoxy) is 2. The van der Waals surface area contributed by atoms with Gasteiger partial charge in [-0.05, 0) is 18.6 Å². The van der Waals surface area contributed by atoms with Crippen LogP contribution in [0.1, 0.15) is 28.9 Å². The van der Waals surface area contributed by atoms with Crippen molar-refractivity contribution >= 4 is 11.7 Å². The third kappa shape index (κ3) is 3.57. The van der Waals surface area contributed by atoms with Crippen LogP contribution in [0.4, 0.5) is 5.69 Å². The summed E-state index contributed by atoms with van der Waals surface area (Å²) in [6.45, 7) is 1.65. The highest BCUT2D eigenvalue weighted by molar-refractivity contribution is 5.89. The van der Waals surface area contributed by atoms with E-state index >= 15 is 0 Å². The Balaban J connectivity index is 2.10. The minimum absolute atomic E-state index is 0.0495. The molecular formula is C15H14N2O5. The number of nitro benzene ring substituents is 1. The number of nitro groups is 1. The van der Waals surface area contributed by atoms with Crippen LogP contribution in [-0.2, 0) is 4.74 Å². The van der Waals surface area contributed by atoms with E-state index in [1.807, 2.05) is 0 Å². The molecule has 1 aromatic heterocycles. The van der Waals surface area contributed by atoms with Gasteiger partial charge in [0.1, 0.15) is 6.10 Å². The highest BCUT2D eigenvalue weighted by Gasteiger charge is 2.16. The summed E-state index contributed by atoms with van der Waals surface area (Å²) in [5, 5.41) is 10.8. The van der Waals surface area contributed by atoms with Crippen molar-refractivity contribution in [3.63, 3.8) is 0 Å². The molecule has 0 aliphatic rings. The molecule has 0 saturated heterocycles. The maximum atomic E-state index is 12.0. The van der Waals surface area contributed by atoms with Crippen LogP contribution in [0.2, 0.25) is 0 Å². The lowest BCUT2D eigenvalue weighted by atomic mass is 10.1. The summed E-state index contributed by atoms with van der Waals surface area (Å²) in [5.41, 5.74) is 0.772. The Labute approximate surface area is 126 Å². The number of non-ortho nitro benzene ring substituents is 1. The molecule has 0 fully saturated rings. The number of nitrogens with zero attached hydrogens (tertiary/aromatic N) is 2. The zero-order valence-corrected chi connectivity index (χ0v) is 12.1. The summed E-state index contributed by atoms with van der Waals surface area (Å²) < 4.78 is 10.2. The number of esters is 1. The van der Waals surface area contributed by atoms with Crippen molar-refractivity contribution in [2.75, 3.05) is 7.11 Å². The second-order valence-electron chi connectivity index (χ2n) is 4.49. The Kier molecular flexibility index (Phi) is 4.67. The smallest absolute Gasteiger partial charge is 0.340 e. The average molecular weight is 302 g/mol. The Hall–Kier alpha value is -2.96. The van der Waals surface area contributed by atoms with Gasteiger partial charge in [0, 0.05) is 24.4 Å². The van der Waals surface area contributed by atoms with E-state index in [-0.39, 0.29) is 11.3 Å². The number of pyridine rings is 1. The predicted molar refractivity (Wildman–Crippen MR) is 77.7 cm³/mol. The molecule has 0 aliphatic carbocycles. The van der Waals surface area contributed by atoms with Gasteiger partial charge < -0.3 is 9.47 Å². The van der Waals surface area contributed by atoms with Crippen molar-refractivity contribution < 1.29 is 19.2 Å². The average Bonchev–Trinajstić information content (AvgIpc) is 2.54. The van der Waals surface area contributed by atoms with Gasteiger partial charge in [0.25, 0.3) is 5.69 Å². The summed E-state index contributed by atoms with van der Waals surface area (Å²) in [7, 11) is 1.48. The Morgan fingerprint density at radius 1 is 1.32 bits per heavy atom. The molecule has 2 aromatic rings. The van der Waals surface area contributed by atoms with Crippen LogP contribution in [-0.4, -0.2) is 23.0 Å². The van der Waals surface area contributed by atoms with Gasteiger partial charge in [-0.25, -0.2) is 9.78 Å². The van der Waals surface area contributed by atoms with E-state index in [1.54, 1.807) is 25.1 Å². The highest BCUT2D eigenvalue weighted by atomic mass is 16.6. The number of benzene rings is 1. The van der Waals surface area contributed by atoms with Crippen LogP contribution >= 0.6 is 0 Å². The second-order valence-corrected chi connectivity index (χ2v) is 4.49. The molecule has 1 atom stereocenters. The molecule has 0 amide bonds. The summed E-state index contributed by atoms with van der Waals surface area (Å²) in [5.74, 6) is -0.169. The summed E-state index contributed by atoms with van der Waals surface area (Å²) >= 11 is 0. The summed E-state index contributed by atoms with van der Waals surface area (Å²) in [4.78, 5) is 26.2. The van der Waals surface area contributed by atoms with Crippen molar-refractivity contribution in [2.24, 2.45) is 0 Å². The van der Waals surface area contributed by atoms with Crippen LogP contribution in [0.25, 0.3) is 0 Å². The number of methoxy groups -OCH3 is 1. The van der Waals surface area contributed by atoms with E-state index in [0.29, 0.717) is 11.4 Å². The maximum absolute atomic E-state index is 12.0. The van der Waals surface area contributed by atoms with Crippen molar-refractivity contribution in [2.45, 2.75) is 13.0 Å². The molecule has 1 aromatic carbocycles. The van der Waals surface area contributed by atoms with Crippen molar-refractivity contribution in [1.29, 1.82) is 0 Å². The number of hydrogen-bond acceptors (Lipinski definition) is 6. The molecule has 0 saturated carbocycles. The first-order chi connectivity index (χ1) is 10.5. The van der Waals surface area contributed by atoms with Gasteiger partial charge in [0.2, 0.25) is 5.88 Å². The minimum atomic E-state index is -0.616. The van der Waals surface area contributed by atoms with Crippen LogP contribution < -0.4 is 4.74 Å². The lowest BCUT2D eigenvalue weighted by molar-refractivity contribution is -0.385. The number of hydrogen-bond donors (Lipinski definition) is 0. The fraction of sp³-hybridized carbons (Fsp3) is 0.200. The van der Waals surface area contributed by atoms with Gasteiger partial charge in [0.15, 0.2) is 0 Å². The van der Waals surface area contributed by atoms with Gasteiger partial charge in [-0.2, -0.15) is 0 Å². The van der Waals surface area contributed by atoms with Crippen molar-refractivity contribution in [3.05, 3.63) is 63.8 Å². The van der Waals surface area contributed by atoms with Crippen LogP contribution in [0, 0.1) is 10.1 Å². The first kappa shape index (κ1) is 15.4. The quantitative estimate of drug-likeness (QED) is 0.479. The van der Waals surface area contributed by atoms with Crippen LogP contribution in [0.5, 0.6) is 5.88 Å². The van der Waals surface area contributed by atoms with E-state index in [2.05, 4.69) is 4.98 Å². The molecule has 114 valence electrons. The molecule has 7 heteroatoms. The van der Waals surface area contributed by atoms with E-state index in [1.165, 1.54) is 31.5 Å². The number of carbonyl (C=O) groups excluding carboxylic acids is 1. The van der Waals surface area contributed by atoms with Crippen molar-refractivity contribution in [1.82, 2.24) is 4.98 Å². The van der Waals surface area contributed by atoms with E-state index in [9.17, 15) is 14.9 Å². The van der Waals surface area contributed by atoms with Crippen LogP contribution in [0.3, 0.4) is 0 Å². The van der Waals surface area contributed by atoms with E-state index in [0.717, 1.165) is 0 Å². The molecule has 0 bridgehead atoms. The fourth-order valence-corrected chi connectivity index (χ4v) is 1.81. The molecule has 0 radical (unpaired) electrons. The standard InChI is InChI=1S/C15H14N2O5/c1-10(11-4-3-5-13(8-11)17(19)20)22-15(18)12-6-7-14(21-2)16-9-12/h3-10H,1-2H3. The largest absolute Gasteiger partial charge is 0.481 e. The lowest BCUT2D eigenvalue weighted by Crippen LogP contribution is -2.10. The monoisotopic (exact) mass is 302 g/mol. The third-order valence-electron chi connectivity index (χ3n) is 3.02. The molecule has 1 unspecified atom stereocenters. The van der Waals surface area contributed by atoms with Gasteiger partial charge in [-0.1, -0.05) is 12.1 Å². The predicted octanol–water partition coefficient (Wildman–Crippen LogP) is 2.92. The van der Waals surface area contributed by atoms with Gasteiger partial charge in [-0.15, -0.1) is 0 Å². The van der Waals surface area contributed by atoms with Crippen LogP contribution in [0.15, 0.2) is 42.6 Å². The topological polar surface area (TPSA) is 91.6 Å². The Morgan fingerprint density at radius 3 is 2.68 bits per heavy atom. The third-order valence-corrected chi connectivity index (χ3v) is 3.02. The summed E-state index contributed by atoms with van der Waals surface area (Å²) in [6, 6.07) is 9.06. The Morgan fingerprint density at radius 2 is 2.09 bits per heavy atom. The normalized spacial score (nSPS) is 11.5. The highest BCUT2D eigenvalue weighted by Crippen LogP contribution is 2.22. The SMILES string of the molecule is COc1ccc(C(=O)OC(C)c2cccc([N+](=O)[O-])c2)cn1. The molecular weight excluding hydrogens is 288 g/mol. The number of aromatic nitrogens is 1. The first-order valence-electron chi connectivity index (χ1n) is 6.46. The number of carbonyl (C=O) groups is 1. The lowest BCUT2D eigenvalue weighted by Gasteiger charge is -2.13. The molecule has 0 N–H and O–H groups in total. The zero-order valence-electron chi connectivity index (χ0n) is 12.1. The molecule has 7 nitrogen and oxygen atoms in total. The second kappa shape index (κ2) is 6.66. The first-order valence-corrected chi connectivity index (χ1v) is 6.46. The van der Waals surface area contributed by atoms with Crippen molar-refractivity contribution in [3.8, 4) is 5.88 Å². The molecule has 1 heterocycles. The maximum Gasteiger partial charge on any atom is 0.340 e. The zero-order chi connectivity index (χ0) is 16.1. The van der Waals surface area contributed by atoms with E-state index in [4.69, 9.17) is 9.47 Å². The summed E-state index contributed by atoms with van der Waals surface area (Å²) in [6.07, 6.45) is 0.732. The van der Waals surface area contributed by atoms with Gasteiger partial charge >= 0.3 is 5.97 Å². The molecule has 22 heavy (non-hydrogen) atoms.